The van der Waals surface area contributed by atoms with E-state index in [-0.39, 0.29) is 0 Å². The monoisotopic (exact) mass is 275 g/mol. The fourth-order valence-electron chi connectivity index (χ4n) is 2.39. The van der Waals surface area contributed by atoms with E-state index < -0.39 is 0 Å². The van der Waals surface area contributed by atoms with E-state index in [2.05, 4.69) is 24.9 Å². The molecule has 1 fully saturated rings. The molecule has 1 aromatic carbocycles. The summed E-state index contributed by atoms with van der Waals surface area (Å²) in [6, 6.07) is 9.65. The van der Waals surface area contributed by atoms with Crippen molar-refractivity contribution in [1.82, 2.24) is 4.90 Å². The molecule has 0 radical (unpaired) electrons. The first-order valence-electron chi connectivity index (χ1n) is 6.76. The van der Waals surface area contributed by atoms with Gasteiger partial charge in [-0.2, -0.15) is 10.5 Å². The molecule has 0 saturated carbocycles. The van der Waals surface area contributed by atoms with Gasteiger partial charge in [-0.1, -0.05) is 30.4 Å². The quantitative estimate of drug-likeness (QED) is 0.774. The van der Waals surface area contributed by atoms with Gasteiger partial charge in [0.2, 0.25) is 0 Å². The fraction of sp³-hybridized carbons (Fsp3) is 0.222. The highest BCUT2D eigenvalue weighted by Gasteiger charge is 2.22. The van der Waals surface area contributed by atoms with Gasteiger partial charge in [0.25, 0.3) is 0 Å². The summed E-state index contributed by atoms with van der Waals surface area (Å²) in [5, 5.41) is 18.0. The molecule has 1 heterocycles. The number of likely N-dealkylation sites (tertiary alicyclic amines) is 1. The van der Waals surface area contributed by atoms with E-state index in [1.165, 1.54) is 5.57 Å². The molecule has 3 nitrogen and oxygen atoms in total. The van der Waals surface area contributed by atoms with Gasteiger partial charge in [-0.25, -0.2) is 0 Å². The van der Waals surface area contributed by atoms with Gasteiger partial charge in [0.1, 0.15) is 0 Å². The van der Waals surface area contributed by atoms with Gasteiger partial charge >= 0.3 is 0 Å². The zero-order valence-electron chi connectivity index (χ0n) is 12.3. The van der Waals surface area contributed by atoms with Crippen LogP contribution in [0.25, 0.3) is 5.57 Å². The molecule has 0 atom stereocenters. The minimum atomic E-state index is 0.586. The second kappa shape index (κ2) is 6.11. The highest BCUT2D eigenvalue weighted by Crippen LogP contribution is 2.30. The summed E-state index contributed by atoms with van der Waals surface area (Å²) in [5.74, 6) is 0. The molecule has 104 valence electrons. The summed E-state index contributed by atoms with van der Waals surface area (Å²) < 4.78 is 0. The summed E-state index contributed by atoms with van der Waals surface area (Å²) in [6.07, 6.45) is 4.29. The molecular weight excluding hydrogens is 258 g/mol. The molecule has 0 N–H and O–H groups in total. The van der Waals surface area contributed by atoms with Crippen LogP contribution in [-0.4, -0.2) is 18.0 Å². The maximum Gasteiger partial charge on any atom is 0.179 e. The highest BCUT2D eigenvalue weighted by molar-refractivity contribution is 5.81. The van der Waals surface area contributed by atoms with Crippen LogP contribution in [-0.2, 0) is 0 Å². The van der Waals surface area contributed by atoms with Gasteiger partial charge in [-0.05, 0) is 48.3 Å². The van der Waals surface area contributed by atoms with E-state index in [4.69, 9.17) is 10.5 Å². The molecule has 0 amide bonds. The van der Waals surface area contributed by atoms with Gasteiger partial charge in [0, 0.05) is 0 Å². The number of allylic oxidation sites excluding steroid dienone is 3. The lowest BCUT2D eigenvalue weighted by Crippen LogP contribution is -2.11. The van der Waals surface area contributed by atoms with Crippen LogP contribution in [0.2, 0.25) is 0 Å². The first-order chi connectivity index (χ1) is 10.0. The van der Waals surface area contributed by atoms with E-state index >= 15 is 0 Å². The number of nitrogens with zero attached hydrogens (tertiary/aromatic N) is 3. The maximum absolute atomic E-state index is 9.06. The lowest BCUT2D eigenvalue weighted by atomic mass is 9.95. The van der Waals surface area contributed by atoms with E-state index in [0.717, 1.165) is 22.3 Å². The number of hydrogen-bond acceptors (Lipinski definition) is 3. The molecule has 0 bridgehead atoms. The van der Waals surface area contributed by atoms with Crippen molar-refractivity contribution in [2.45, 2.75) is 13.8 Å². The van der Waals surface area contributed by atoms with Gasteiger partial charge in [0.05, 0.1) is 24.7 Å². The molecule has 0 unspecified atom stereocenters. The third-order valence-corrected chi connectivity index (χ3v) is 3.38. The molecule has 21 heavy (non-hydrogen) atoms. The highest BCUT2D eigenvalue weighted by atomic mass is 15.1. The molecule has 1 aromatic rings. The Balaban J connectivity index is 2.54. The van der Waals surface area contributed by atoms with Crippen LogP contribution in [0.5, 0.6) is 0 Å². The molecule has 1 saturated heterocycles. The van der Waals surface area contributed by atoms with Crippen LogP contribution in [0, 0.1) is 22.8 Å². The van der Waals surface area contributed by atoms with E-state index in [9.17, 15) is 0 Å². The first kappa shape index (κ1) is 14.6. The average molecular weight is 275 g/mol. The van der Waals surface area contributed by atoms with Gasteiger partial charge in [-0.15, -0.1) is 0 Å². The summed E-state index contributed by atoms with van der Waals surface area (Å²) in [7, 11) is 0. The molecule has 2 rings (SSSR count). The van der Waals surface area contributed by atoms with Crippen molar-refractivity contribution in [2.75, 3.05) is 13.1 Å². The minimum absolute atomic E-state index is 0.586. The van der Waals surface area contributed by atoms with Gasteiger partial charge in [0.15, 0.2) is 6.19 Å². The Kier molecular flexibility index (Phi) is 4.26. The second-order valence-electron chi connectivity index (χ2n) is 5.36. The largest absolute Gasteiger partial charge is 0.302 e. The van der Waals surface area contributed by atoms with Crippen LogP contribution in [0.3, 0.4) is 0 Å². The van der Waals surface area contributed by atoms with Crippen LogP contribution < -0.4 is 0 Å². The second-order valence-corrected chi connectivity index (χ2v) is 5.36. The van der Waals surface area contributed by atoms with E-state index in [1.807, 2.05) is 38.1 Å². The lowest BCUT2D eigenvalue weighted by Gasteiger charge is -2.10. The summed E-state index contributed by atoms with van der Waals surface area (Å²) in [4.78, 5) is 1.69. The Labute approximate surface area is 125 Å². The summed E-state index contributed by atoms with van der Waals surface area (Å²) in [6.45, 7) is 9.36. The molecule has 0 aliphatic carbocycles. The Morgan fingerprint density at radius 3 is 2.33 bits per heavy atom. The van der Waals surface area contributed by atoms with Crippen molar-refractivity contribution in [3.8, 4) is 12.3 Å². The molecular formula is C18H17N3. The fourth-order valence-corrected chi connectivity index (χ4v) is 2.39. The molecule has 1 aliphatic heterocycles. The van der Waals surface area contributed by atoms with Gasteiger partial charge in [-0.3, -0.25) is 0 Å². The predicted molar refractivity (Wildman–Crippen MR) is 83.8 cm³/mol. The van der Waals surface area contributed by atoms with Crippen molar-refractivity contribution in [3.63, 3.8) is 0 Å². The predicted octanol–water partition coefficient (Wildman–Crippen LogP) is 3.63. The minimum Gasteiger partial charge on any atom is -0.302 e. The molecule has 1 aliphatic rings. The lowest BCUT2D eigenvalue weighted by molar-refractivity contribution is 0.510. The molecule has 3 heteroatoms. The maximum atomic E-state index is 9.06. The van der Waals surface area contributed by atoms with Crippen LogP contribution in [0.4, 0.5) is 0 Å². The van der Waals surface area contributed by atoms with Crippen molar-refractivity contribution in [1.29, 1.82) is 10.5 Å². The number of benzene rings is 1. The first-order valence-corrected chi connectivity index (χ1v) is 6.76. The van der Waals surface area contributed by atoms with Crippen molar-refractivity contribution in [3.05, 3.63) is 64.8 Å². The van der Waals surface area contributed by atoms with Gasteiger partial charge < -0.3 is 4.90 Å². The number of nitriles is 2. The Hall–Kier alpha value is -2.78. The zero-order valence-corrected chi connectivity index (χ0v) is 12.3. The SMILES string of the molecule is C=C1CN(C#N)C/C1=C(/C=C(C)C)c1ccc(C#N)cc1. The van der Waals surface area contributed by atoms with Crippen LogP contribution in [0.15, 0.2) is 53.6 Å². The Morgan fingerprint density at radius 1 is 1.19 bits per heavy atom. The third kappa shape index (κ3) is 3.22. The average Bonchev–Trinajstić information content (AvgIpc) is 2.86. The standard InChI is InChI=1S/C18H17N3/c1-13(2)8-17(16-6-4-15(9-19)5-7-16)18-11-21(12-20)10-14(18)3/h4-8H,3,10-11H2,1-2H3/b18-17+. The summed E-state index contributed by atoms with van der Waals surface area (Å²) >= 11 is 0. The summed E-state index contributed by atoms with van der Waals surface area (Å²) in [5.41, 5.74) is 6.04. The van der Waals surface area contributed by atoms with Crippen molar-refractivity contribution in [2.24, 2.45) is 0 Å². The molecule has 0 spiro atoms. The van der Waals surface area contributed by atoms with Crippen molar-refractivity contribution < 1.29 is 0 Å². The van der Waals surface area contributed by atoms with Crippen molar-refractivity contribution >= 4 is 5.57 Å². The Morgan fingerprint density at radius 2 is 1.86 bits per heavy atom. The number of rotatable bonds is 2. The number of hydrogen-bond donors (Lipinski definition) is 0. The van der Waals surface area contributed by atoms with E-state index in [1.54, 1.807) is 4.90 Å². The zero-order chi connectivity index (χ0) is 15.4. The van der Waals surface area contributed by atoms with Crippen LogP contribution >= 0.6 is 0 Å². The van der Waals surface area contributed by atoms with Crippen LogP contribution in [0.1, 0.15) is 25.0 Å². The third-order valence-electron chi connectivity index (χ3n) is 3.38. The Bertz CT molecular complexity index is 702. The normalized spacial score (nSPS) is 16.2. The molecule has 0 aromatic heterocycles. The smallest absolute Gasteiger partial charge is 0.179 e. The van der Waals surface area contributed by atoms with E-state index in [0.29, 0.717) is 18.7 Å². The topological polar surface area (TPSA) is 50.8 Å².